The molecular weight excluding hydrogens is 310 g/mol. The molecule has 0 aliphatic rings. The lowest BCUT2D eigenvalue weighted by Gasteiger charge is -2.08. The highest BCUT2D eigenvalue weighted by molar-refractivity contribution is 8.13. The number of hydrogen-bond donors (Lipinski definition) is 0. The Kier molecular flexibility index (Phi) is 8.48. The number of furan rings is 1. The van der Waals surface area contributed by atoms with E-state index in [4.69, 9.17) is 4.42 Å². The van der Waals surface area contributed by atoms with Crippen molar-refractivity contribution in [3.8, 4) is 0 Å². The van der Waals surface area contributed by atoms with Crippen LogP contribution in [0.4, 0.5) is 0 Å². The third kappa shape index (κ3) is 7.54. The van der Waals surface area contributed by atoms with E-state index in [-0.39, 0.29) is 11.5 Å². The first-order chi connectivity index (χ1) is 10.0. The van der Waals surface area contributed by atoms with Gasteiger partial charge in [0, 0.05) is 28.5 Å². The largest absolute Gasteiger partial charge is 0.468 e. The van der Waals surface area contributed by atoms with Crippen LogP contribution in [0.5, 0.6) is 0 Å². The zero-order valence-corrected chi connectivity index (χ0v) is 14.2. The van der Waals surface area contributed by atoms with Crippen LogP contribution in [0.3, 0.4) is 0 Å². The molecule has 0 aliphatic heterocycles. The number of nitro groups is 1. The molecule has 0 saturated carbocycles. The van der Waals surface area contributed by atoms with Crippen LogP contribution in [0.2, 0.25) is 0 Å². The van der Waals surface area contributed by atoms with Crippen molar-refractivity contribution >= 4 is 28.6 Å². The number of rotatable bonds is 9. The molecule has 0 bridgehead atoms. The van der Waals surface area contributed by atoms with E-state index in [1.807, 2.05) is 26.4 Å². The molecule has 0 saturated heterocycles. The predicted octanol–water partition coefficient (Wildman–Crippen LogP) is 2.61. The third-order valence-corrected chi connectivity index (χ3v) is 4.29. The minimum atomic E-state index is -0.346. The lowest BCUT2D eigenvalue weighted by atomic mass is 10.3. The molecule has 0 aliphatic carbocycles. The van der Waals surface area contributed by atoms with Crippen LogP contribution in [0.25, 0.3) is 0 Å². The van der Waals surface area contributed by atoms with Crippen molar-refractivity contribution in [1.29, 1.82) is 0 Å². The van der Waals surface area contributed by atoms with Crippen molar-refractivity contribution in [1.82, 2.24) is 4.90 Å². The van der Waals surface area contributed by atoms with E-state index in [2.05, 4.69) is 9.89 Å². The maximum Gasteiger partial charge on any atom is 0.250 e. The molecule has 1 rings (SSSR count). The molecule has 0 atom stereocenters. The average Bonchev–Trinajstić information content (AvgIpc) is 2.83. The first-order valence-corrected chi connectivity index (χ1v) is 8.87. The van der Waals surface area contributed by atoms with Crippen LogP contribution in [-0.4, -0.2) is 54.1 Å². The van der Waals surface area contributed by atoms with Gasteiger partial charge in [0.25, 0.3) is 6.54 Å². The van der Waals surface area contributed by atoms with Gasteiger partial charge in [-0.05, 0) is 26.4 Å². The molecule has 0 aromatic carbocycles. The molecule has 21 heavy (non-hydrogen) atoms. The smallest absolute Gasteiger partial charge is 0.250 e. The number of aliphatic imine (C=N–C) groups is 1. The first kappa shape index (κ1) is 18.1. The first-order valence-electron chi connectivity index (χ1n) is 6.49. The van der Waals surface area contributed by atoms with Gasteiger partial charge in [-0.25, -0.2) is 0 Å². The molecule has 118 valence electrons. The fraction of sp³-hybridized carbons (Fsp3) is 0.615. The molecular formula is C13H21N3O3S2. The van der Waals surface area contributed by atoms with E-state index >= 15 is 0 Å². The van der Waals surface area contributed by atoms with Crippen LogP contribution in [0.15, 0.2) is 21.7 Å². The summed E-state index contributed by atoms with van der Waals surface area (Å²) in [5, 5.41) is 11.0. The lowest BCUT2D eigenvalue weighted by molar-refractivity contribution is -0.462. The fourth-order valence-corrected chi connectivity index (χ4v) is 2.92. The van der Waals surface area contributed by atoms with Crippen LogP contribution in [0, 0.1) is 10.1 Å². The van der Waals surface area contributed by atoms with Crippen molar-refractivity contribution in [3.63, 3.8) is 0 Å². The molecule has 0 N–H and O–H groups in total. The normalized spacial score (nSPS) is 12.1. The summed E-state index contributed by atoms with van der Waals surface area (Å²) in [7, 11) is 4.01. The van der Waals surface area contributed by atoms with Crippen LogP contribution >= 0.6 is 23.5 Å². The van der Waals surface area contributed by atoms with Gasteiger partial charge in [0.2, 0.25) is 0 Å². The van der Waals surface area contributed by atoms with Crippen molar-refractivity contribution in [2.45, 2.75) is 12.3 Å². The Morgan fingerprint density at radius 3 is 2.90 bits per heavy atom. The maximum absolute atomic E-state index is 10.4. The Morgan fingerprint density at radius 2 is 2.29 bits per heavy atom. The second-order valence-corrected chi connectivity index (χ2v) is 6.61. The Labute approximate surface area is 133 Å². The summed E-state index contributed by atoms with van der Waals surface area (Å²) in [6.45, 7) is 1.22. The van der Waals surface area contributed by atoms with Crippen molar-refractivity contribution in [2.24, 2.45) is 4.99 Å². The minimum Gasteiger partial charge on any atom is -0.468 e. The summed E-state index contributed by atoms with van der Waals surface area (Å²) < 4.78 is 5.47. The van der Waals surface area contributed by atoms with E-state index in [0.29, 0.717) is 11.6 Å². The van der Waals surface area contributed by atoms with Crippen LogP contribution in [0.1, 0.15) is 11.3 Å². The van der Waals surface area contributed by atoms with Gasteiger partial charge in [0.15, 0.2) is 0 Å². The van der Waals surface area contributed by atoms with E-state index in [1.54, 1.807) is 18.0 Å². The molecule has 0 fully saturated rings. The van der Waals surface area contributed by atoms with E-state index < -0.39 is 0 Å². The van der Waals surface area contributed by atoms with Gasteiger partial charge in [-0.1, -0.05) is 0 Å². The zero-order chi connectivity index (χ0) is 15.7. The van der Waals surface area contributed by atoms with Crippen molar-refractivity contribution < 1.29 is 9.34 Å². The monoisotopic (exact) mass is 331 g/mol. The van der Waals surface area contributed by atoms with E-state index in [9.17, 15) is 10.1 Å². The summed E-state index contributed by atoms with van der Waals surface area (Å²) >= 11 is 3.10. The molecule has 1 aromatic heterocycles. The highest BCUT2D eigenvalue weighted by atomic mass is 32.2. The topological polar surface area (TPSA) is 71.9 Å². The fourth-order valence-electron chi connectivity index (χ4n) is 1.63. The number of thioether (sulfide) groups is 2. The summed E-state index contributed by atoms with van der Waals surface area (Å²) in [5.74, 6) is 2.71. The van der Waals surface area contributed by atoms with Gasteiger partial charge in [0.05, 0.1) is 12.8 Å². The van der Waals surface area contributed by atoms with Gasteiger partial charge in [0.1, 0.15) is 10.8 Å². The Hall–Kier alpha value is -0.990. The molecule has 6 nitrogen and oxygen atoms in total. The van der Waals surface area contributed by atoms with Gasteiger partial charge in [-0.3, -0.25) is 15.1 Å². The maximum atomic E-state index is 10.4. The quantitative estimate of drug-likeness (QED) is 0.228. The predicted molar refractivity (Wildman–Crippen MR) is 89.9 cm³/mol. The highest BCUT2D eigenvalue weighted by Gasteiger charge is 2.08. The van der Waals surface area contributed by atoms with Crippen molar-refractivity contribution in [2.75, 3.05) is 39.2 Å². The van der Waals surface area contributed by atoms with Crippen LogP contribution < -0.4 is 0 Å². The second kappa shape index (κ2) is 9.86. The number of nitrogens with zero attached hydrogens (tertiary/aromatic N) is 3. The Morgan fingerprint density at radius 1 is 1.52 bits per heavy atom. The SMILES string of the molecule is CSC(C[N+](=O)[O-])=NCCSCc1ccoc1CN(C)C. The molecule has 0 unspecified atom stereocenters. The molecule has 1 heterocycles. The highest BCUT2D eigenvalue weighted by Crippen LogP contribution is 2.19. The molecule has 1 aromatic rings. The summed E-state index contributed by atoms with van der Waals surface area (Å²) in [4.78, 5) is 16.4. The van der Waals surface area contributed by atoms with Gasteiger partial charge in [-0.2, -0.15) is 11.8 Å². The van der Waals surface area contributed by atoms with E-state index in [1.165, 1.54) is 17.3 Å². The second-order valence-electron chi connectivity index (χ2n) is 4.63. The zero-order valence-electron chi connectivity index (χ0n) is 12.6. The Balaban J connectivity index is 2.32. The molecule has 0 amide bonds. The summed E-state index contributed by atoms with van der Waals surface area (Å²) in [5.41, 5.74) is 1.20. The third-order valence-electron chi connectivity index (χ3n) is 2.58. The van der Waals surface area contributed by atoms with E-state index in [0.717, 1.165) is 23.8 Å². The molecule has 0 radical (unpaired) electrons. The summed E-state index contributed by atoms with van der Waals surface area (Å²) in [6.07, 6.45) is 3.53. The minimum absolute atomic E-state index is 0.180. The van der Waals surface area contributed by atoms with Gasteiger partial charge >= 0.3 is 0 Å². The number of hydrogen-bond acceptors (Lipinski definition) is 7. The molecule has 0 spiro atoms. The lowest BCUT2D eigenvalue weighted by Crippen LogP contribution is -2.11. The standard InChI is InChI=1S/C13H21N3O3S2/c1-15(2)8-12-11(4-6-19-12)10-21-7-5-14-13(20-3)9-16(17)18/h4,6H,5,7-10H2,1-3H3. The van der Waals surface area contributed by atoms with Crippen LogP contribution in [-0.2, 0) is 12.3 Å². The van der Waals surface area contributed by atoms with Gasteiger partial charge in [-0.15, -0.1) is 11.8 Å². The average molecular weight is 331 g/mol. The Bertz CT molecular complexity index is 475. The van der Waals surface area contributed by atoms with Gasteiger partial charge < -0.3 is 9.32 Å². The summed E-state index contributed by atoms with van der Waals surface area (Å²) in [6, 6.07) is 2.00. The molecule has 8 heteroatoms. The van der Waals surface area contributed by atoms with Crippen molar-refractivity contribution in [3.05, 3.63) is 33.8 Å².